The molecule has 6 heteroatoms. The molecule has 3 aromatic rings. The second-order valence-electron chi connectivity index (χ2n) is 9.63. The van der Waals surface area contributed by atoms with Crippen LogP contribution in [0.4, 0.5) is 0 Å². The summed E-state index contributed by atoms with van der Waals surface area (Å²) in [4.78, 5) is 5.13. The average Bonchev–Trinajstić information content (AvgIpc) is 3.23. The minimum absolute atomic E-state index is 0. The predicted octanol–water partition coefficient (Wildman–Crippen LogP) is 6.52. The van der Waals surface area contributed by atoms with E-state index in [9.17, 15) is 0 Å². The highest BCUT2D eigenvalue weighted by Gasteiger charge is 2.12. The number of hydrogen-bond acceptors (Lipinski definition) is 5. The Morgan fingerprint density at radius 2 is 1.06 bits per heavy atom. The molecule has 0 atom stereocenters. The van der Waals surface area contributed by atoms with Gasteiger partial charge in [-0.05, 0) is 101 Å². The lowest BCUT2D eigenvalue weighted by molar-refractivity contribution is 0.205. The van der Waals surface area contributed by atoms with Crippen molar-refractivity contribution < 1.29 is 13.9 Å². The number of hydrogen-bond donors (Lipinski definition) is 0. The van der Waals surface area contributed by atoms with Gasteiger partial charge in [0, 0.05) is 23.9 Å². The molecule has 2 saturated heterocycles. The number of rotatable bonds is 10. The molecule has 0 unspecified atom stereocenters. The van der Waals surface area contributed by atoms with Crippen molar-refractivity contribution in [3.05, 3.63) is 36.4 Å². The fourth-order valence-electron chi connectivity index (χ4n) is 5.24. The molecule has 0 radical (unpaired) electrons. The van der Waals surface area contributed by atoms with Gasteiger partial charge in [-0.3, -0.25) is 0 Å². The standard InChI is InChI=1S/C28H38N2O3.ClH/c1-3-13-29(14-4-1)17-7-19-31-23-9-11-27-25(21-23)26-22-24(10-12-28(26)33-27)32-20-8-18-30-15-5-2-6-16-30;/h9-12,21-22H,1-8,13-20H2;1H. The van der Waals surface area contributed by atoms with Crippen LogP contribution in [0, 0.1) is 0 Å². The minimum Gasteiger partial charge on any atom is -0.494 e. The van der Waals surface area contributed by atoms with Gasteiger partial charge in [-0.2, -0.15) is 0 Å². The van der Waals surface area contributed by atoms with Gasteiger partial charge in [0.2, 0.25) is 0 Å². The van der Waals surface area contributed by atoms with Gasteiger partial charge in [0.05, 0.1) is 13.2 Å². The summed E-state index contributed by atoms with van der Waals surface area (Å²) < 4.78 is 18.2. The first kappa shape index (κ1) is 25.2. The number of likely N-dealkylation sites (tertiary alicyclic amines) is 2. The van der Waals surface area contributed by atoms with Crippen molar-refractivity contribution in [3.8, 4) is 11.5 Å². The van der Waals surface area contributed by atoms with Crippen LogP contribution in [0.25, 0.3) is 21.9 Å². The summed E-state index contributed by atoms with van der Waals surface area (Å²) in [6.45, 7) is 8.76. The lowest BCUT2D eigenvalue weighted by Crippen LogP contribution is -2.31. The number of piperidine rings is 2. The van der Waals surface area contributed by atoms with Crippen molar-refractivity contribution >= 4 is 34.3 Å². The smallest absolute Gasteiger partial charge is 0.135 e. The zero-order valence-electron chi connectivity index (χ0n) is 20.3. The number of nitrogens with zero attached hydrogens (tertiary/aromatic N) is 2. The van der Waals surface area contributed by atoms with E-state index < -0.39 is 0 Å². The molecular formula is C28H39ClN2O3. The summed E-state index contributed by atoms with van der Waals surface area (Å²) in [5, 5.41) is 2.19. The molecule has 2 aliphatic rings. The number of ether oxygens (including phenoxy) is 2. The molecular weight excluding hydrogens is 448 g/mol. The van der Waals surface area contributed by atoms with E-state index in [1.54, 1.807) is 0 Å². The summed E-state index contributed by atoms with van der Waals surface area (Å²) in [5.41, 5.74) is 1.79. The highest BCUT2D eigenvalue weighted by molar-refractivity contribution is 6.05. The van der Waals surface area contributed by atoms with Gasteiger partial charge in [0.15, 0.2) is 0 Å². The molecule has 5 nitrogen and oxygen atoms in total. The predicted molar refractivity (Wildman–Crippen MR) is 142 cm³/mol. The Kier molecular flexibility index (Phi) is 9.37. The van der Waals surface area contributed by atoms with E-state index in [1.807, 2.05) is 24.3 Å². The molecule has 5 rings (SSSR count). The van der Waals surface area contributed by atoms with Crippen LogP contribution in [0.15, 0.2) is 40.8 Å². The Labute approximate surface area is 209 Å². The van der Waals surface area contributed by atoms with E-state index in [4.69, 9.17) is 13.9 Å². The molecule has 186 valence electrons. The highest BCUT2D eigenvalue weighted by Crippen LogP contribution is 2.33. The van der Waals surface area contributed by atoms with E-state index in [0.29, 0.717) is 0 Å². The Bertz CT molecular complexity index is 945. The first-order valence-corrected chi connectivity index (χ1v) is 13.0. The van der Waals surface area contributed by atoms with E-state index in [-0.39, 0.29) is 12.4 Å². The number of halogens is 1. The van der Waals surface area contributed by atoms with Gasteiger partial charge < -0.3 is 23.7 Å². The molecule has 0 bridgehead atoms. The van der Waals surface area contributed by atoms with Crippen LogP contribution in [0.3, 0.4) is 0 Å². The molecule has 0 N–H and O–H groups in total. The molecule has 2 aliphatic heterocycles. The van der Waals surface area contributed by atoms with E-state index >= 15 is 0 Å². The van der Waals surface area contributed by atoms with Gasteiger partial charge >= 0.3 is 0 Å². The molecule has 3 heterocycles. The quantitative estimate of drug-likeness (QED) is 0.305. The molecule has 34 heavy (non-hydrogen) atoms. The van der Waals surface area contributed by atoms with Crippen LogP contribution in [0.5, 0.6) is 11.5 Å². The average molecular weight is 487 g/mol. The minimum atomic E-state index is 0. The Balaban J connectivity index is 0.00000274. The van der Waals surface area contributed by atoms with E-state index in [2.05, 4.69) is 21.9 Å². The van der Waals surface area contributed by atoms with Gasteiger partial charge in [-0.1, -0.05) is 12.8 Å². The summed E-state index contributed by atoms with van der Waals surface area (Å²) in [6.07, 6.45) is 10.3. The normalized spacial score (nSPS) is 17.6. The summed E-state index contributed by atoms with van der Waals surface area (Å²) in [6, 6.07) is 12.3. The van der Waals surface area contributed by atoms with Crippen molar-refractivity contribution in [2.45, 2.75) is 51.4 Å². The topological polar surface area (TPSA) is 38.1 Å². The third-order valence-electron chi connectivity index (χ3n) is 7.08. The Morgan fingerprint density at radius 3 is 1.50 bits per heavy atom. The maximum atomic E-state index is 6.09. The van der Waals surface area contributed by atoms with Crippen LogP contribution in [-0.4, -0.2) is 62.3 Å². The highest BCUT2D eigenvalue weighted by atomic mass is 35.5. The molecule has 0 spiro atoms. The summed E-state index contributed by atoms with van der Waals surface area (Å²) in [5.74, 6) is 1.83. The van der Waals surface area contributed by atoms with Gasteiger partial charge in [0.25, 0.3) is 0 Å². The first-order chi connectivity index (χ1) is 16.3. The van der Waals surface area contributed by atoms with Gasteiger partial charge in [0.1, 0.15) is 22.7 Å². The Hall–Kier alpha value is -1.95. The van der Waals surface area contributed by atoms with E-state index in [0.717, 1.165) is 72.6 Å². The lowest BCUT2D eigenvalue weighted by atomic mass is 10.1. The maximum absolute atomic E-state index is 6.09. The molecule has 1 aromatic heterocycles. The summed E-state index contributed by atoms with van der Waals surface area (Å²) >= 11 is 0. The maximum Gasteiger partial charge on any atom is 0.135 e. The number of furan rings is 1. The second-order valence-corrected chi connectivity index (χ2v) is 9.63. The number of benzene rings is 2. The first-order valence-electron chi connectivity index (χ1n) is 13.0. The second kappa shape index (κ2) is 12.7. The molecule has 2 fully saturated rings. The van der Waals surface area contributed by atoms with Crippen molar-refractivity contribution in [1.29, 1.82) is 0 Å². The van der Waals surface area contributed by atoms with E-state index in [1.165, 1.54) is 64.7 Å². The molecule has 2 aromatic carbocycles. The van der Waals surface area contributed by atoms with Crippen LogP contribution in [0.1, 0.15) is 51.4 Å². The van der Waals surface area contributed by atoms with Crippen molar-refractivity contribution in [2.24, 2.45) is 0 Å². The largest absolute Gasteiger partial charge is 0.494 e. The van der Waals surface area contributed by atoms with Crippen LogP contribution in [-0.2, 0) is 0 Å². The van der Waals surface area contributed by atoms with Gasteiger partial charge in [-0.25, -0.2) is 0 Å². The lowest BCUT2D eigenvalue weighted by Gasteiger charge is -2.26. The molecule has 0 amide bonds. The Morgan fingerprint density at radius 1 is 0.618 bits per heavy atom. The fourth-order valence-corrected chi connectivity index (χ4v) is 5.24. The van der Waals surface area contributed by atoms with Crippen LogP contribution < -0.4 is 9.47 Å². The number of fused-ring (bicyclic) bond motifs is 3. The van der Waals surface area contributed by atoms with Crippen LogP contribution >= 0.6 is 12.4 Å². The molecule has 0 aliphatic carbocycles. The van der Waals surface area contributed by atoms with Gasteiger partial charge in [-0.15, -0.1) is 12.4 Å². The van der Waals surface area contributed by atoms with Crippen molar-refractivity contribution in [3.63, 3.8) is 0 Å². The van der Waals surface area contributed by atoms with Crippen LogP contribution in [0.2, 0.25) is 0 Å². The monoisotopic (exact) mass is 486 g/mol. The zero-order valence-corrected chi connectivity index (χ0v) is 21.1. The van der Waals surface area contributed by atoms with Crippen molar-refractivity contribution in [2.75, 3.05) is 52.5 Å². The fraction of sp³-hybridized carbons (Fsp3) is 0.571. The third kappa shape index (κ3) is 6.59. The summed E-state index contributed by atoms with van der Waals surface area (Å²) in [7, 11) is 0. The zero-order chi connectivity index (χ0) is 22.3. The van der Waals surface area contributed by atoms with Crippen molar-refractivity contribution in [1.82, 2.24) is 9.80 Å². The molecule has 0 saturated carbocycles. The third-order valence-corrected chi connectivity index (χ3v) is 7.08. The SMILES string of the molecule is Cl.c1cc2oc3ccc(OCCCN4CCCCC4)cc3c2cc1OCCCN1CCCCC1.